The highest BCUT2D eigenvalue weighted by atomic mass is 35.5. The van der Waals surface area contributed by atoms with Crippen LogP contribution in [0.5, 0.6) is 0 Å². The summed E-state index contributed by atoms with van der Waals surface area (Å²) in [5, 5.41) is 8.88. The van der Waals surface area contributed by atoms with Gasteiger partial charge in [0.25, 0.3) is 0 Å². The molecule has 0 aliphatic heterocycles. The summed E-state index contributed by atoms with van der Waals surface area (Å²) in [5.41, 5.74) is -0.883. The lowest BCUT2D eigenvalue weighted by atomic mass is 10.2. The van der Waals surface area contributed by atoms with E-state index in [9.17, 15) is 13.2 Å². The highest BCUT2D eigenvalue weighted by Crippen LogP contribution is 2.32. The van der Waals surface area contributed by atoms with E-state index in [4.69, 9.17) is 16.7 Å². The van der Waals surface area contributed by atoms with E-state index in [0.29, 0.717) is 6.20 Å². The summed E-state index contributed by atoms with van der Waals surface area (Å²) in [7, 11) is 0. The Morgan fingerprint density at radius 3 is 2.43 bits per heavy atom. The number of nitrogens with zero attached hydrogens (tertiary/aromatic N) is 1. The molecule has 1 aromatic rings. The molecular weight excluding hydrogens is 219 g/mol. The lowest BCUT2D eigenvalue weighted by Gasteiger charge is -2.10. The predicted octanol–water partition coefficient (Wildman–Crippen LogP) is 2.81. The molecule has 1 aromatic heterocycles. The quantitative estimate of drug-likeness (QED) is 0.797. The molecule has 0 bridgehead atoms. The molecule has 0 aromatic carbocycles. The first-order valence-electron chi connectivity index (χ1n) is 3.73. The van der Waals surface area contributed by atoms with E-state index < -0.39 is 17.8 Å². The van der Waals surface area contributed by atoms with Crippen molar-refractivity contribution in [2.75, 3.05) is 0 Å². The molecule has 0 saturated carbocycles. The molecule has 0 spiro atoms. The van der Waals surface area contributed by atoms with E-state index in [1.165, 1.54) is 6.92 Å². The maximum absolute atomic E-state index is 12.1. The number of halogens is 4. The standard InChI is InChI=1S/C8H7ClF3NO/c1-4(14)7-6(9)2-5(3-13-7)8(10,11)12/h2-4,14H,1H3. The van der Waals surface area contributed by atoms with Crippen molar-refractivity contribution in [3.05, 3.63) is 28.5 Å². The van der Waals surface area contributed by atoms with Crippen LogP contribution in [0.3, 0.4) is 0 Å². The summed E-state index contributed by atoms with van der Waals surface area (Å²) in [6.07, 6.45) is -4.80. The van der Waals surface area contributed by atoms with Gasteiger partial charge in [-0.05, 0) is 13.0 Å². The molecule has 6 heteroatoms. The van der Waals surface area contributed by atoms with Gasteiger partial charge in [0, 0.05) is 6.20 Å². The molecule has 1 rings (SSSR count). The Labute approximate surface area is 83.3 Å². The van der Waals surface area contributed by atoms with Crippen LogP contribution in [-0.2, 0) is 6.18 Å². The van der Waals surface area contributed by atoms with Crippen molar-refractivity contribution in [1.29, 1.82) is 0 Å². The fourth-order valence-electron chi connectivity index (χ4n) is 0.911. The van der Waals surface area contributed by atoms with Gasteiger partial charge in [0.2, 0.25) is 0 Å². The van der Waals surface area contributed by atoms with E-state index in [2.05, 4.69) is 4.98 Å². The fraction of sp³-hybridized carbons (Fsp3) is 0.375. The van der Waals surface area contributed by atoms with Gasteiger partial charge in [-0.1, -0.05) is 11.6 Å². The molecule has 0 radical (unpaired) electrons. The number of alkyl halides is 3. The topological polar surface area (TPSA) is 33.1 Å². The average Bonchev–Trinajstić information content (AvgIpc) is 2.01. The van der Waals surface area contributed by atoms with Crippen LogP contribution in [-0.4, -0.2) is 10.1 Å². The van der Waals surface area contributed by atoms with E-state index in [-0.39, 0.29) is 10.7 Å². The smallest absolute Gasteiger partial charge is 0.387 e. The summed E-state index contributed by atoms with van der Waals surface area (Å²) in [4.78, 5) is 3.44. The van der Waals surface area contributed by atoms with Gasteiger partial charge in [-0.2, -0.15) is 13.2 Å². The second-order valence-corrected chi connectivity index (χ2v) is 3.17. The zero-order valence-electron chi connectivity index (χ0n) is 7.14. The van der Waals surface area contributed by atoms with E-state index in [1.807, 2.05) is 0 Å². The predicted molar refractivity (Wildman–Crippen MR) is 44.9 cm³/mol. The van der Waals surface area contributed by atoms with Crippen molar-refractivity contribution < 1.29 is 18.3 Å². The van der Waals surface area contributed by atoms with Gasteiger partial charge in [-0.3, -0.25) is 4.98 Å². The van der Waals surface area contributed by atoms with E-state index in [1.54, 1.807) is 0 Å². The van der Waals surface area contributed by atoms with Gasteiger partial charge in [0.15, 0.2) is 0 Å². The molecule has 0 fully saturated rings. The summed E-state index contributed by atoms with van der Waals surface area (Å²) in [6.45, 7) is 1.38. The van der Waals surface area contributed by atoms with Crippen LogP contribution in [0.1, 0.15) is 24.3 Å². The van der Waals surface area contributed by atoms with Crippen LogP contribution in [0.2, 0.25) is 5.02 Å². The van der Waals surface area contributed by atoms with E-state index >= 15 is 0 Å². The average molecular weight is 226 g/mol. The first-order valence-corrected chi connectivity index (χ1v) is 4.11. The van der Waals surface area contributed by atoms with Crippen LogP contribution < -0.4 is 0 Å². The van der Waals surface area contributed by atoms with Gasteiger partial charge in [-0.15, -0.1) is 0 Å². The second-order valence-electron chi connectivity index (χ2n) is 2.76. The molecular formula is C8H7ClF3NO. The molecule has 1 N–H and O–H groups in total. The number of aliphatic hydroxyl groups excluding tert-OH is 1. The highest BCUT2D eigenvalue weighted by molar-refractivity contribution is 6.31. The Balaban J connectivity index is 3.13. The number of rotatable bonds is 1. The van der Waals surface area contributed by atoms with Gasteiger partial charge in [-0.25, -0.2) is 0 Å². The van der Waals surface area contributed by atoms with Crippen LogP contribution >= 0.6 is 11.6 Å². The van der Waals surface area contributed by atoms with Gasteiger partial charge in [0.1, 0.15) is 0 Å². The van der Waals surface area contributed by atoms with Gasteiger partial charge >= 0.3 is 6.18 Å². The first kappa shape index (κ1) is 11.3. The normalized spacial score (nSPS) is 14.1. The molecule has 78 valence electrons. The highest BCUT2D eigenvalue weighted by Gasteiger charge is 2.31. The molecule has 1 atom stereocenters. The molecule has 0 amide bonds. The van der Waals surface area contributed by atoms with Crippen LogP contribution in [0.25, 0.3) is 0 Å². The van der Waals surface area contributed by atoms with Crippen molar-refractivity contribution in [2.24, 2.45) is 0 Å². The maximum Gasteiger partial charge on any atom is 0.417 e. The number of aliphatic hydroxyl groups is 1. The number of hydrogen-bond donors (Lipinski definition) is 1. The number of pyridine rings is 1. The third kappa shape index (κ3) is 2.36. The number of hydrogen-bond acceptors (Lipinski definition) is 2. The molecule has 0 saturated heterocycles. The Morgan fingerprint density at radius 1 is 1.50 bits per heavy atom. The van der Waals surface area contributed by atoms with Crippen molar-refractivity contribution in [3.63, 3.8) is 0 Å². The molecule has 0 aliphatic rings. The second kappa shape index (κ2) is 3.74. The van der Waals surface area contributed by atoms with Crippen LogP contribution in [0, 0.1) is 0 Å². The first-order chi connectivity index (χ1) is 6.32. The van der Waals surface area contributed by atoms with Crippen LogP contribution in [0.4, 0.5) is 13.2 Å². The Bertz CT molecular complexity index is 338. The third-order valence-corrected chi connectivity index (χ3v) is 1.90. The summed E-state index contributed by atoms with van der Waals surface area (Å²) < 4.78 is 36.4. The zero-order chi connectivity index (χ0) is 10.9. The molecule has 0 aliphatic carbocycles. The maximum atomic E-state index is 12.1. The molecule has 2 nitrogen and oxygen atoms in total. The van der Waals surface area contributed by atoms with Crippen molar-refractivity contribution >= 4 is 11.6 Å². The molecule has 1 unspecified atom stereocenters. The minimum atomic E-state index is -4.46. The van der Waals surface area contributed by atoms with Crippen molar-refractivity contribution in [3.8, 4) is 0 Å². The Kier molecular flexibility index (Phi) is 3.01. The monoisotopic (exact) mass is 225 g/mol. The molecule has 1 heterocycles. The Morgan fingerprint density at radius 2 is 2.07 bits per heavy atom. The fourth-order valence-corrected chi connectivity index (χ4v) is 1.24. The summed E-state index contributed by atoms with van der Waals surface area (Å²) in [6, 6.07) is 0.747. The van der Waals surface area contributed by atoms with Gasteiger partial charge in [0.05, 0.1) is 22.4 Å². The third-order valence-electron chi connectivity index (χ3n) is 1.59. The SMILES string of the molecule is CC(O)c1ncc(C(F)(F)F)cc1Cl. The lowest BCUT2D eigenvalue weighted by molar-refractivity contribution is -0.137. The summed E-state index contributed by atoms with van der Waals surface area (Å²) >= 11 is 5.51. The Hall–Kier alpha value is -0.810. The lowest BCUT2D eigenvalue weighted by Crippen LogP contribution is -2.07. The van der Waals surface area contributed by atoms with Gasteiger partial charge < -0.3 is 5.11 Å². The largest absolute Gasteiger partial charge is 0.417 e. The van der Waals surface area contributed by atoms with E-state index in [0.717, 1.165) is 6.07 Å². The zero-order valence-corrected chi connectivity index (χ0v) is 7.89. The van der Waals surface area contributed by atoms with Crippen LogP contribution in [0.15, 0.2) is 12.3 Å². The minimum absolute atomic E-state index is 0.0414. The minimum Gasteiger partial charge on any atom is -0.387 e. The molecule has 14 heavy (non-hydrogen) atoms. The number of aromatic nitrogens is 1. The van der Waals surface area contributed by atoms with Crippen molar-refractivity contribution in [2.45, 2.75) is 19.2 Å². The van der Waals surface area contributed by atoms with Crippen molar-refractivity contribution in [1.82, 2.24) is 4.98 Å². The summed E-state index contributed by atoms with van der Waals surface area (Å²) in [5.74, 6) is 0.